The Bertz CT molecular complexity index is 584. The number of aromatic nitrogens is 2. The summed E-state index contributed by atoms with van der Waals surface area (Å²) in [6.45, 7) is 1.48. The van der Waals surface area contributed by atoms with Gasteiger partial charge in [0.15, 0.2) is 6.23 Å². The van der Waals surface area contributed by atoms with Gasteiger partial charge in [-0.25, -0.2) is 4.79 Å². The number of aryl methyl sites for hydroxylation is 1. The second kappa shape index (κ2) is 6.37. The van der Waals surface area contributed by atoms with E-state index in [0.717, 1.165) is 4.43 Å². The van der Waals surface area contributed by atoms with Gasteiger partial charge in [0.05, 0.1) is 12.7 Å². The summed E-state index contributed by atoms with van der Waals surface area (Å²) < 4.78 is 13.2. The van der Waals surface area contributed by atoms with Crippen LogP contribution < -0.4 is 11.2 Å². The molecule has 0 bridgehead atoms. The number of hydrogen-bond donors (Lipinski definition) is 2. The van der Waals surface area contributed by atoms with E-state index in [-0.39, 0.29) is 24.7 Å². The molecule has 0 amide bonds. The molecule has 1 aliphatic rings. The number of alkyl halides is 1. The largest absolute Gasteiger partial charge is 0.394 e. The third kappa shape index (κ3) is 2.69. The Hall–Kier alpha value is -0.710. The van der Waals surface area contributed by atoms with Crippen LogP contribution in [0.2, 0.25) is 0 Å². The number of H-pyrrole nitrogens is 1. The van der Waals surface area contributed by atoms with Crippen molar-refractivity contribution in [1.82, 2.24) is 9.55 Å². The summed E-state index contributed by atoms with van der Waals surface area (Å²) in [6, 6.07) is 0. The van der Waals surface area contributed by atoms with E-state index in [9.17, 15) is 14.7 Å². The van der Waals surface area contributed by atoms with Crippen molar-refractivity contribution in [2.45, 2.75) is 25.4 Å². The number of aliphatic hydroxyl groups excluding tert-OH is 1. The third-order valence-electron chi connectivity index (χ3n) is 3.55. The molecule has 20 heavy (non-hydrogen) atoms. The number of nitrogens with one attached hydrogen (secondary N) is 1. The fourth-order valence-electron chi connectivity index (χ4n) is 2.44. The van der Waals surface area contributed by atoms with Crippen molar-refractivity contribution in [2.24, 2.45) is 5.92 Å². The summed E-state index contributed by atoms with van der Waals surface area (Å²) in [4.78, 5) is 25.6. The Morgan fingerprint density at radius 2 is 2.25 bits per heavy atom. The molecule has 112 valence electrons. The highest BCUT2D eigenvalue weighted by atomic mass is 127. The Kier molecular flexibility index (Phi) is 4.99. The molecular weight excluding hydrogens is 379 g/mol. The molecule has 0 aromatic carbocycles. The number of nitrogens with zero attached hydrogens (tertiary/aromatic N) is 1. The SMILES string of the molecule is CO[C@@H]1[C@H](CI)[C@@H](CO)O[C@H]1n1cc(C)c(=O)[nH]c1=O. The van der Waals surface area contributed by atoms with Crippen LogP contribution in [0, 0.1) is 12.8 Å². The predicted octanol–water partition coefficient (Wildman–Crippen LogP) is -0.199. The lowest BCUT2D eigenvalue weighted by Gasteiger charge is -2.22. The van der Waals surface area contributed by atoms with E-state index in [1.807, 2.05) is 0 Å². The van der Waals surface area contributed by atoms with Gasteiger partial charge in [-0.05, 0) is 6.92 Å². The first-order valence-electron chi connectivity index (χ1n) is 6.20. The molecule has 0 radical (unpaired) electrons. The molecule has 1 aromatic heterocycles. The molecule has 0 unspecified atom stereocenters. The van der Waals surface area contributed by atoms with Crippen LogP contribution >= 0.6 is 22.6 Å². The summed E-state index contributed by atoms with van der Waals surface area (Å²) >= 11 is 2.20. The summed E-state index contributed by atoms with van der Waals surface area (Å²) in [5.41, 5.74) is -0.540. The highest BCUT2D eigenvalue weighted by Gasteiger charge is 2.45. The smallest absolute Gasteiger partial charge is 0.330 e. The van der Waals surface area contributed by atoms with Gasteiger partial charge in [0, 0.05) is 29.2 Å². The van der Waals surface area contributed by atoms with Crippen molar-refractivity contribution < 1.29 is 14.6 Å². The zero-order valence-corrected chi connectivity index (χ0v) is 13.4. The van der Waals surface area contributed by atoms with Crippen molar-refractivity contribution in [3.05, 3.63) is 32.6 Å². The monoisotopic (exact) mass is 396 g/mol. The number of halogens is 1. The fraction of sp³-hybridized carbons (Fsp3) is 0.667. The van der Waals surface area contributed by atoms with Crippen LogP contribution in [0.5, 0.6) is 0 Å². The lowest BCUT2D eigenvalue weighted by Crippen LogP contribution is -2.38. The number of ether oxygens (including phenoxy) is 2. The van der Waals surface area contributed by atoms with Crippen LogP contribution in [0.4, 0.5) is 0 Å². The average Bonchev–Trinajstić information content (AvgIpc) is 2.80. The molecule has 4 atom stereocenters. The first-order valence-corrected chi connectivity index (χ1v) is 7.73. The van der Waals surface area contributed by atoms with Crippen molar-refractivity contribution in [3.8, 4) is 0 Å². The maximum Gasteiger partial charge on any atom is 0.330 e. The Labute approximate surface area is 129 Å². The lowest BCUT2D eigenvalue weighted by molar-refractivity contribution is -0.0626. The minimum Gasteiger partial charge on any atom is -0.394 e. The van der Waals surface area contributed by atoms with Gasteiger partial charge in [0.1, 0.15) is 6.10 Å². The zero-order chi connectivity index (χ0) is 14.9. The maximum absolute atomic E-state index is 11.9. The van der Waals surface area contributed by atoms with Gasteiger partial charge in [-0.1, -0.05) is 22.6 Å². The Balaban J connectivity index is 2.44. The van der Waals surface area contributed by atoms with Crippen molar-refractivity contribution in [2.75, 3.05) is 18.1 Å². The topological polar surface area (TPSA) is 93.5 Å². The molecule has 0 spiro atoms. The van der Waals surface area contributed by atoms with E-state index in [0.29, 0.717) is 5.56 Å². The Morgan fingerprint density at radius 3 is 2.80 bits per heavy atom. The van der Waals surface area contributed by atoms with Gasteiger partial charge in [0.2, 0.25) is 0 Å². The molecule has 0 aliphatic carbocycles. The first-order chi connectivity index (χ1) is 9.53. The van der Waals surface area contributed by atoms with Gasteiger partial charge >= 0.3 is 5.69 Å². The van der Waals surface area contributed by atoms with E-state index < -0.39 is 17.5 Å². The van der Waals surface area contributed by atoms with Gasteiger partial charge in [-0.2, -0.15) is 0 Å². The third-order valence-corrected chi connectivity index (χ3v) is 4.56. The molecule has 7 nitrogen and oxygen atoms in total. The highest BCUT2D eigenvalue weighted by Crippen LogP contribution is 2.36. The number of aliphatic hydroxyl groups is 1. The minimum atomic E-state index is -0.653. The molecule has 1 aliphatic heterocycles. The van der Waals surface area contributed by atoms with Crippen LogP contribution in [0.1, 0.15) is 11.8 Å². The fourth-order valence-corrected chi connectivity index (χ4v) is 3.50. The van der Waals surface area contributed by atoms with Gasteiger partial charge in [-0.3, -0.25) is 14.3 Å². The van der Waals surface area contributed by atoms with E-state index in [4.69, 9.17) is 9.47 Å². The average molecular weight is 396 g/mol. The minimum absolute atomic E-state index is 0.0188. The quantitative estimate of drug-likeness (QED) is 0.543. The van der Waals surface area contributed by atoms with Crippen LogP contribution in [0.15, 0.2) is 15.8 Å². The van der Waals surface area contributed by atoms with Gasteiger partial charge in [-0.15, -0.1) is 0 Å². The number of rotatable bonds is 4. The second-order valence-corrected chi connectivity index (χ2v) is 5.63. The lowest BCUT2D eigenvalue weighted by atomic mass is 10.0. The van der Waals surface area contributed by atoms with Crippen LogP contribution in [0.3, 0.4) is 0 Å². The molecule has 1 saturated heterocycles. The first kappa shape index (κ1) is 15.7. The van der Waals surface area contributed by atoms with Crippen LogP contribution in [-0.4, -0.2) is 45.0 Å². The van der Waals surface area contributed by atoms with Crippen molar-refractivity contribution >= 4 is 22.6 Å². The summed E-state index contributed by atoms with van der Waals surface area (Å²) in [7, 11) is 1.55. The van der Waals surface area contributed by atoms with Crippen LogP contribution in [0.25, 0.3) is 0 Å². The highest BCUT2D eigenvalue weighted by molar-refractivity contribution is 14.1. The molecule has 1 fully saturated rings. The number of methoxy groups -OCH3 is 1. The number of aromatic amines is 1. The van der Waals surface area contributed by atoms with Gasteiger partial charge in [0.25, 0.3) is 5.56 Å². The summed E-state index contributed by atoms with van der Waals surface area (Å²) in [6.07, 6.45) is 0.0648. The molecule has 2 heterocycles. The normalized spacial score (nSPS) is 29.8. The molecule has 0 saturated carbocycles. The number of hydrogen-bond acceptors (Lipinski definition) is 5. The summed E-state index contributed by atoms with van der Waals surface area (Å²) in [5, 5.41) is 9.38. The summed E-state index contributed by atoms with van der Waals surface area (Å²) in [5.74, 6) is -0.0188. The zero-order valence-electron chi connectivity index (χ0n) is 11.2. The second-order valence-electron chi connectivity index (χ2n) is 4.74. The maximum atomic E-state index is 11.9. The van der Waals surface area contributed by atoms with E-state index >= 15 is 0 Å². The molecule has 2 N–H and O–H groups in total. The van der Waals surface area contributed by atoms with E-state index in [1.165, 1.54) is 10.8 Å². The molecule has 1 aromatic rings. The Morgan fingerprint density at radius 1 is 1.55 bits per heavy atom. The van der Waals surface area contributed by atoms with E-state index in [2.05, 4.69) is 27.6 Å². The molecular formula is C12H17IN2O5. The van der Waals surface area contributed by atoms with E-state index in [1.54, 1.807) is 14.0 Å². The van der Waals surface area contributed by atoms with Crippen LogP contribution in [-0.2, 0) is 9.47 Å². The molecule has 2 rings (SSSR count). The molecule has 8 heteroatoms. The standard InChI is InChI=1S/C12H17IN2O5/c1-6-4-15(12(18)14-10(6)17)11-9(19-2)7(3-13)8(5-16)20-11/h4,7-9,11,16H,3,5H2,1-2H3,(H,14,17,18)/t7-,8-,9-,11-/m1/s1. The van der Waals surface area contributed by atoms with Crippen molar-refractivity contribution in [1.29, 1.82) is 0 Å². The predicted molar refractivity (Wildman–Crippen MR) is 80.2 cm³/mol. The van der Waals surface area contributed by atoms with Crippen molar-refractivity contribution in [3.63, 3.8) is 0 Å². The van der Waals surface area contributed by atoms with Gasteiger partial charge < -0.3 is 14.6 Å².